The van der Waals surface area contributed by atoms with Gasteiger partial charge < -0.3 is 14.2 Å². The molecule has 0 N–H and O–H groups in total. The summed E-state index contributed by atoms with van der Waals surface area (Å²) in [5, 5.41) is 0.575. The van der Waals surface area contributed by atoms with Crippen molar-refractivity contribution in [1.29, 1.82) is 0 Å². The van der Waals surface area contributed by atoms with E-state index in [1.165, 1.54) is 24.5 Å². The predicted octanol–water partition coefficient (Wildman–Crippen LogP) is 5.71. The number of thiazole rings is 1. The zero-order valence-corrected chi connectivity index (χ0v) is 22.2. The largest absolute Gasteiger partial charge is 0.469 e. The Bertz CT molecular complexity index is 1140. The van der Waals surface area contributed by atoms with E-state index in [1.807, 2.05) is 0 Å². The zero-order valence-electron chi connectivity index (χ0n) is 21.3. The maximum atomic E-state index is 16.2. The molecule has 3 aliphatic rings. The molecule has 4 bridgehead atoms. The monoisotopic (exact) mass is 538 g/mol. The van der Waals surface area contributed by atoms with Crippen LogP contribution in [-0.4, -0.2) is 61.0 Å². The van der Waals surface area contributed by atoms with E-state index in [0.29, 0.717) is 43.1 Å². The Labute approximate surface area is 219 Å². The summed E-state index contributed by atoms with van der Waals surface area (Å²) < 4.78 is 58.0. The summed E-state index contributed by atoms with van der Waals surface area (Å²) in [6.07, 6.45) is 2.78. The molecule has 1 saturated carbocycles. The Morgan fingerprint density at radius 3 is 2.84 bits per heavy atom. The highest BCUT2D eigenvalue weighted by molar-refractivity contribution is 7.15. The maximum Gasteiger partial charge on any atom is 0.387 e. The first kappa shape index (κ1) is 26.4. The van der Waals surface area contributed by atoms with E-state index in [4.69, 9.17) is 9.47 Å². The molecule has 2 aromatic rings. The molecule has 1 aromatic carbocycles. The van der Waals surface area contributed by atoms with Crippen LogP contribution in [0.1, 0.15) is 44.4 Å². The minimum absolute atomic E-state index is 0.0739. The third-order valence-corrected chi connectivity index (χ3v) is 9.50. The van der Waals surface area contributed by atoms with Crippen molar-refractivity contribution in [1.82, 2.24) is 9.88 Å². The van der Waals surface area contributed by atoms with Crippen LogP contribution >= 0.6 is 11.3 Å². The lowest BCUT2D eigenvalue weighted by molar-refractivity contribution is -0.193. The molecule has 2 aliphatic heterocycles. The number of fused-ring (bicyclic) bond motifs is 4. The lowest BCUT2D eigenvalue weighted by Gasteiger charge is -2.57. The molecule has 2 saturated heterocycles. The first-order valence-corrected chi connectivity index (χ1v) is 13.5. The van der Waals surface area contributed by atoms with Gasteiger partial charge in [-0.25, -0.2) is 9.37 Å². The van der Waals surface area contributed by atoms with Gasteiger partial charge in [-0.3, -0.25) is 9.69 Å². The second-order valence-electron chi connectivity index (χ2n) is 11.3. The second-order valence-corrected chi connectivity index (χ2v) is 12.4. The molecule has 0 spiro atoms. The van der Waals surface area contributed by atoms with E-state index in [9.17, 15) is 13.6 Å². The number of halogens is 3. The van der Waals surface area contributed by atoms with Crippen molar-refractivity contribution in [2.24, 2.45) is 16.7 Å². The van der Waals surface area contributed by atoms with Crippen molar-refractivity contribution in [2.45, 2.75) is 64.5 Å². The van der Waals surface area contributed by atoms with E-state index < -0.39 is 17.7 Å². The standard InChI is InChI=1S/C27H33F3N2O4S/c1-25(2)17-10-26(23(33)34-3,15-27(30)8-9-35-21(25)11-27)16-32(13-17)14-18-12-31-22(37-18)19-6-4-5-7-20(19)36-24(28)29/h4-7,12,17,21,24H,8-11,13-16H2,1-3H3/t17-,21?,26+,27?/m1/s1. The number of para-hydroxylation sites is 1. The lowest BCUT2D eigenvalue weighted by atomic mass is 9.57. The molecule has 1 aliphatic carbocycles. The highest BCUT2D eigenvalue weighted by atomic mass is 32.1. The SMILES string of the molecule is COC(=O)[C@]12C[C@H](CN(Cc3cnc(-c4ccccc4OC(F)F)s3)C1)C(C)(C)C1CC(F)(CCO1)C2. The number of benzene rings is 1. The number of alkyl halides is 3. The van der Waals surface area contributed by atoms with Crippen LogP contribution in [0.15, 0.2) is 30.5 Å². The summed E-state index contributed by atoms with van der Waals surface area (Å²) in [6, 6.07) is 6.59. The van der Waals surface area contributed by atoms with Gasteiger partial charge >= 0.3 is 12.6 Å². The Hall–Kier alpha value is -2.17. The van der Waals surface area contributed by atoms with Gasteiger partial charge in [0.1, 0.15) is 16.4 Å². The Balaban J connectivity index is 1.44. The van der Waals surface area contributed by atoms with Crippen LogP contribution < -0.4 is 4.74 Å². The van der Waals surface area contributed by atoms with Crippen molar-refractivity contribution in [2.75, 3.05) is 26.8 Å². The summed E-state index contributed by atoms with van der Waals surface area (Å²) >= 11 is 1.39. The first-order chi connectivity index (χ1) is 17.5. The topological polar surface area (TPSA) is 60.9 Å². The number of aromatic nitrogens is 1. The van der Waals surface area contributed by atoms with Crippen LogP contribution in [-0.2, 0) is 20.8 Å². The first-order valence-electron chi connectivity index (χ1n) is 12.6. The number of likely N-dealkylation sites (tertiary alicyclic amines) is 1. The van der Waals surface area contributed by atoms with Gasteiger partial charge in [-0.1, -0.05) is 26.0 Å². The van der Waals surface area contributed by atoms with Crippen molar-refractivity contribution >= 4 is 17.3 Å². The van der Waals surface area contributed by atoms with Gasteiger partial charge in [-0.15, -0.1) is 11.3 Å². The summed E-state index contributed by atoms with van der Waals surface area (Å²) in [5.74, 6) is -0.187. The van der Waals surface area contributed by atoms with E-state index in [-0.39, 0.29) is 42.0 Å². The molecule has 0 amide bonds. The molecule has 4 atom stereocenters. The van der Waals surface area contributed by atoms with Gasteiger partial charge in [0.15, 0.2) is 0 Å². The molecule has 202 valence electrons. The average Bonchev–Trinajstić information content (AvgIpc) is 3.30. The molecule has 6 nitrogen and oxygen atoms in total. The van der Waals surface area contributed by atoms with E-state index in [0.717, 1.165) is 11.4 Å². The second kappa shape index (κ2) is 9.85. The van der Waals surface area contributed by atoms with Gasteiger partial charge in [0, 0.05) is 43.5 Å². The zero-order chi connectivity index (χ0) is 26.4. The van der Waals surface area contributed by atoms with Crippen molar-refractivity contribution in [3.63, 3.8) is 0 Å². The molecule has 2 unspecified atom stereocenters. The Kier molecular flexibility index (Phi) is 7.04. The number of nitrogens with zero attached hydrogens (tertiary/aromatic N) is 2. The number of carbonyl (C=O) groups is 1. The lowest BCUT2D eigenvalue weighted by Crippen LogP contribution is -2.62. The third-order valence-electron chi connectivity index (χ3n) is 8.48. The van der Waals surface area contributed by atoms with Crippen LogP contribution in [0.2, 0.25) is 0 Å². The summed E-state index contributed by atoms with van der Waals surface area (Å²) in [4.78, 5) is 20.8. The van der Waals surface area contributed by atoms with Crippen LogP contribution in [0.4, 0.5) is 13.2 Å². The van der Waals surface area contributed by atoms with E-state index in [1.54, 1.807) is 24.4 Å². The molecule has 1 aromatic heterocycles. The smallest absolute Gasteiger partial charge is 0.387 e. The minimum Gasteiger partial charge on any atom is -0.469 e. The minimum atomic E-state index is -2.93. The van der Waals surface area contributed by atoms with Gasteiger partial charge in [-0.2, -0.15) is 8.78 Å². The van der Waals surface area contributed by atoms with Crippen molar-refractivity contribution in [3.05, 3.63) is 35.3 Å². The van der Waals surface area contributed by atoms with Crippen LogP contribution in [0.3, 0.4) is 0 Å². The van der Waals surface area contributed by atoms with Gasteiger partial charge in [0.2, 0.25) is 0 Å². The molecule has 3 heterocycles. The molecule has 37 heavy (non-hydrogen) atoms. The normalized spacial score (nSPS) is 31.4. The predicted molar refractivity (Wildman–Crippen MR) is 133 cm³/mol. The van der Waals surface area contributed by atoms with Crippen LogP contribution in [0.25, 0.3) is 10.6 Å². The van der Waals surface area contributed by atoms with Gasteiger partial charge in [-0.05, 0) is 36.3 Å². The quantitative estimate of drug-likeness (QED) is 0.439. The van der Waals surface area contributed by atoms with Gasteiger partial charge in [0.05, 0.1) is 30.8 Å². The van der Waals surface area contributed by atoms with Crippen molar-refractivity contribution < 1.29 is 32.2 Å². The number of carbonyl (C=O) groups excluding carboxylic acids is 1. The Morgan fingerprint density at radius 2 is 2.08 bits per heavy atom. The molecule has 0 radical (unpaired) electrons. The number of methoxy groups -OCH3 is 1. The molecular weight excluding hydrogens is 505 g/mol. The third kappa shape index (κ3) is 5.12. The summed E-state index contributed by atoms with van der Waals surface area (Å²) in [6.45, 7) is 3.29. The molecule has 10 heteroatoms. The fourth-order valence-electron chi connectivity index (χ4n) is 6.54. The molecule has 5 rings (SSSR count). The molecular formula is C27H33F3N2O4S. The fraction of sp³-hybridized carbons (Fsp3) is 0.630. The number of hydrogen-bond acceptors (Lipinski definition) is 7. The van der Waals surface area contributed by atoms with Gasteiger partial charge in [0.25, 0.3) is 0 Å². The maximum absolute atomic E-state index is 16.2. The summed E-state index contributed by atoms with van der Waals surface area (Å²) in [5.41, 5.74) is -2.26. The number of ether oxygens (including phenoxy) is 3. The Morgan fingerprint density at radius 1 is 1.30 bits per heavy atom. The number of piperidine rings is 1. The van der Waals surface area contributed by atoms with E-state index in [2.05, 4.69) is 28.5 Å². The number of esters is 1. The highest BCUT2D eigenvalue weighted by Crippen LogP contribution is 2.55. The van der Waals surface area contributed by atoms with Crippen molar-refractivity contribution in [3.8, 4) is 16.3 Å². The number of rotatable bonds is 6. The summed E-state index contributed by atoms with van der Waals surface area (Å²) in [7, 11) is 1.38. The molecule has 3 fully saturated rings. The van der Waals surface area contributed by atoms with Crippen LogP contribution in [0, 0.1) is 16.7 Å². The van der Waals surface area contributed by atoms with Crippen LogP contribution in [0.5, 0.6) is 5.75 Å². The average molecular weight is 539 g/mol. The van der Waals surface area contributed by atoms with E-state index >= 15 is 4.39 Å². The fourth-order valence-corrected chi connectivity index (χ4v) is 7.53. The highest BCUT2D eigenvalue weighted by Gasteiger charge is 2.59. The number of hydrogen-bond donors (Lipinski definition) is 0.